The van der Waals surface area contributed by atoms with E-state index in [-0.39, 0.29) is 12.3 Å². The average molecular weight is 242 g/mol. The molecule has 0 radical (unpaired) electrons. The zero-order valence-electron chi connectivity index (χ0n) is 10.9. The van der Waals surface area contributed by atoms with Crippen LogP contribution in [0.4, 0.5) is 0 Å². The summed E-state index contributed by atoms with van der Waals surface area (Å²) in [5, 5.41) is 11.4. The zero-order valence-corrected chi connectivity index (χ0v) is 10.9. The Hall–Kier alpha value is -1.36. The van der Waals surface area contributed by atoms with Gasteiger partial charge in [-0.2, -0.15) is 0 Å². The highest BCUT2D eigenvalue weighted by Crippen LogP contribution is 2.28. The van der Waals surface area contributed by atoms with Gasteiger partial charge >= 0.3 is 5.97 Å². The SMILES string of the molecule is C=CCC(NC(=O)C(C)(C)C(C)(C)N)C(=O)O. The van der Waals surface area contributed by atoms with Crippen molar-refractivity contribution in [3.05, 3.63) is 12.7 Å². The molecule has 4 N–H and O–H groups in total. The lowest BCUT2D eigenvalue weighted by molar-refractivity contribution is -0.144. The summed E-state index contributed by atoms with van der Waals surface area (Å²) in [5.74, 6) is -1.46. The van der Waals surface area contributed by atoms with Crippen LogP contribution in [0.25, 0.3) is 0 Å². The third-order valence-electron chi connectivity index (χ3n) is 3.18. The predicted octanol–water partition coefficient (Wildman–Crippen LogP) is 0.895. The number of nitrogens with one attached hydrogen (secondary N) is 1. The van der Waals surface area contributed by atoms with Crippen molar-refractivity contribution in [2.45, 2.75) is 45.7 Å². The predicted molar refractivity (Wildman–Crippen MR) is 66.4 cm³/mol. The monoisotopic (exact) mass is 242 g/mol. The Morgan fingerprint density at radius 3 is 2.18 bits per heavy atom. The molecule has 0 aromatic carbocycles. The zero-order chi connectivity index (χ0) is 13.9. The number of hydrogen-bond donors (Lipinski definition) is 3. The standard InChI is InChI=1S/C12H22N2O3/c1-6-7-8(9(15)16)14-10(17)11(2,3)12(4,5)13/h6,8H,1,7,13H2,2-5H3,(H,14,17)(H,15,16). The summed E-state index contributed by atoms with van der Waals surface area (Å²) < 4.78 is 0. The van der Waals surface area contributed by atoms with Gasteiger partial charge in [-0.1, -0.05) is 6.08 Å². The van der Waals surface area contributed by atoms with E-state index in [1.54, 1.807) is 27.7 Å². The minimum atomic E-state index is -1.08. The lowest BCUT2D eigenvalue weighted by Gasteiger charge is -2.37. The van der Waals surface area contributed by atoms with Crippen LogP contribution in [-0.2, 0) is 9.59 Å². The first kappa shape index (κ1) is 15.6. The molecule has 0 aliphatic heterocycles. The topological polar surface area (TPSA) is 92.4 Å². The maximum atomic E-state index is 12.0. The van der Waals surface area contributed by atoms with Crippen LogP contribution in [-0.4, -0.2) is 28.6 Å². The van der Waals surface area contributed by atoms with Crippen LogP contribution in [0.2, 0.25) is 0 Å². The second kappa shape index (κ2) is 5.31. The second-order valence-corrected chi connectivity index (χ2v) is 5.24. The van der Waals surface area contributed by atoms with Gasteiger partial charge in [0, 0.05) is 5.54 Å². The number of carboxylic acid groups (broad SMARTS) is 1. The van der Waals surface area contributed by atoms with Crippen LogP contribution in [0.15, 0.2) is 12.7 Å². The Kier molecular flexibility index (Phi) is 4.89. The maximum absolute atomic E-state index is 12.0. The fourth-order valence-electron chi connectivity index (χ4n) is 1.02. The van der Waals surface area contributed by atoms with Crippen molar-refractivity contribution < 1.29 is 14.7 Å². The molecule has 0 spiro atoms. The molecule has 0 aliphatic carbocycles. The van der Waals surface area contributed by atoms with E-state index < -0.39 is 23.0 Å². The number of amides is 1. The first-order valence-corrected chi connectivity index (χ1v) is 5.47. The van der Waals surface area contributed by atoms with Gasteiger partial charge in [-0.05, 0) is 34.1 Å². The van der Waals surface area contributed by atoms with Crippen LogP contribution >= 0.6 is 0 Å². The highest BCUT2D eigenvalue weighted by Gasteiger charge is 2.41. The Labute approximate surface area is 102 Å². The Balaban J connectivity index is 4.84. The van der Waals surface area contributed by atoms with Gasteiger partial charge in [0.05, 0.1) is 5.41 Å². The number of carboxylic acids is 1. The highest BCUT2D eigenvalue weighted by molar-refractivity contribution is 5.88. The van der Waals surface area contributed by atoms with E-state index in [0.717, 1.165) is 0 Å². The number of rotatable bonds is 6. The number of aliphatic carboxylic acids is 1. The lowest BCUT2D eigenvalue weighted by atomic mass is 9.74. The normalized spacial score (nSPS) is 13.9. The summed E-state index contributed by atoms with van der Waals surface area (Å²) in [6.07, 6.45) is 1.64. The van der Waals surface area contributed by atoms with Gasteiger partial charge in [0.2, 0.25) is 5.91 Å². The molecule has 98 valence electrons. The Bertz CT molecular complexity index is 316. The summed E-state index contributed by atoms with van der Waals surface area (Å²) in [6, 6.07) is -0.957. The van der Waals surface area contributed by atoms with Gasteiger partial charge in [-0.3, -0.25) is 4.79 Å². The number of nitrogens with two attached hydrogens (primary N) is 1. The molecule has 0 saturated carbocycles. The number of carbonyl (C=O) groups is 2. The van der Waals surface area contributed by atoms with Crippen molar-refractivity contribution in [2.75, 3.05) is 0 Å². The van der Waals surface area contributed by atoms with Gasteiger partial charge in [0.1, 0.15) is 6.04 Å². The van der Waals surface area contributed by atoms with Crippen LogP contribution in [0.1, 0.15) is 34.1 Å². The van der Waals surface area contributed by atoms with Gasteiger partial charge in [-0.15, -0.1) is 6.58 Å². The van der Waals surface area contributed by atoms with Crippen molar-refractivity contribution in [2.24, 2.45) is 11.1 Å². The summed E-state index contributed by atoms with van der Waals surface area (Å²) >= 11 is 0. The molecule has 0 rings (SSSR count). The van der Waals surface area contributed by atoms with E-state index in [1.165, 1.54) is 6.08 Å². The fourth-order valence-corrected chi connectivity index (χ4v) is 1.02. The molecule has 5 nitrogen and oxygen atoms in total. The molecule has 1 atom stereocenters. The minimum Gasteiger partial charge on any atom is -0.480 e. The molecule has 0 aromatic heterocycles. The third-order valence-corrected chi connectivity index (χ3v) is 3.18. The Morgan fingerprint density at radius 2 is 1.88 bits per heavy atom. The van der Waals surface area contributed by atoms with E-state index in [0.29, 0.717) is 0 Å². The van der Waals surface area contributed by atoms with E-state index in [4.69, 9.17) is 10.8 Å². The van der Waals surface area contributed by atoms with Crippen molar-refractivity contribution in [1.82, 2.24) is 5.32 Å². The van der Waals surface area contributed by atoms with E-state index in [1.807, 2.05) is 0 Å². The smallest absolute Gasteiger partial charge is 0.326 e. The van der Waals surface area contributed by atoms with Gasteiger partial charge in [-0.25, -0.2) is 4.79 Å². The van der Waals surface area contributed by atoms with Gasteiger partial charge < -0.3 is 16.2 Å². The molecule has 1 amide bonds. The summed E-state index contributed by atoms with van der Waals surface area (Å²) in [4.78, 5) is 22.9. The molecule has 0 aliphatic rings. The van der Waals surface area contributed by atoms with E-state index >= 15 is 0 Å². The van der Waals surface area contributed by atoms with Crippen molar-refractivity contribution in [3.8, 4) is 0 Å². The molecule has 0 heterocycles. The molecule has 17 heavy (non-hydrogen) atoms. The first-order chi connectivity index (χ1) is 7.54. The van der Waals surface area contributed by atoms with E-state index in [2.05, 4.69) is 11.9 Å². The largest absolute Gasteiger partial charge is 0.480 e. The van der Waals surface area contributed by atoms with Gasteiger partial charge in [0.15, 0.2) is 0 Å². The number of carbonyl (C=O) groups excluding carboxylic acids is 1. The molecule has 0 aromatic rings. The minimum absolute atomic E-state index is 0.183. The summed E-state index contributed by atoms with van der Waals surface area (Å²) in [6.45, 7) is 10.3. The third kappa shape index (κ3) is 3.85. The molecule has 0 fully saturated rings. The molecule has 0 saturated heterocycles. The highest BCUT2D eigenvalue weighted by atomic mass is 16.4. The molecular formula is C12H22N2O3. The maximum Gasteiger partial charge on any atom is 0.326 e. The van der Waals surface area contributed by atoms with Crippen molar-refractivity contribution >= 4 is 11.9 Å². The second-order valence-electron chi connectivity index (χ2n) is 5.24. The first-order valence-electron chi connectivity index (χ1n) is 5.47. The fraction of sp³-hybridized carbons (Fsp3) is 0.667. The molecule has 5 heteroatoms. The van der Waals surface area contributed by atoms with Crippen LogP contribution < -0.4 is 11.1 Å². The molecule has 1 unspecified atom stereocenters. The number of hydrogen-bond acceptors (Lipinski definition) is 3. The van der Waals surface area contributed by atoms with Gasteiger partial charge in [0.25, 0.3) is 0 Å². The van der Waals surface area contributed by atoms with E-state index in [9.17, 15) is 9.59 Å². The van der Waals surface area contributed by atoms with Crippen LogP contribution in [0.3, 0.4) is 0 Å². The summed E-state index contributed by atoms with van der Waals surface area (Å²) in [5.41, 5.74) is 4.31. The van der Waals surface area contributed by atoms with Crippen LogP contribution in [0, 0.1) is 5.41 Å². The van der Waals surface area contributed by atoms with Crippen molar-refractivity contribution in [3.63, 3.8) is 0 Å². The van der Waals surface area contributed by atoms with Crippen LogP contribution in [0.5, 0.6) is 0 Å². The quantitative estimate of drug-likeness (QED) is 0.603. The Morgan fingerprint density at radius 1 is 1.41 bits per heavy atom. The average Bonchev–Trinajstić information content (AvgIpc) is 2.14. The summed E-state index contributed by atoms with van der Waals surface area (Å²) in [7, 11) is 0. The molecule has 0 bridgehead atoms. The lowest BCUT2D eigenvalue weighted by Crippen LogP contribution is -2.57. The van der Waals surface area contributed by atoms with Crippen molar-refractivity contribution in [1.29, 1.82) is 0 Å². The molecular weight excluding hydrogens is 220 g/mol.